The van der Waals surface area contributed by atoms with Crippen LogP contribution in [0.3, 0.4) is 0 Å². The number of nitrogens with zero attached hydrogens (tertiary/aromatic N) is 3. The van der Waals surface area contributed by atoms with Crippen molar-refractivity contribution in [2.45, 2.75) is 19.8 Å². The van der Waals surface area contributed by atoms with Crippen molar-refractivity contribution < 1.29 is 4.79 Å². The molecule has 30 heavy (non-hydrogen) atoms. The maximum atomic E-state index is 12.1. The molecule has 1 aliphatic heterocycles. The molecule has 1 fully saturated rings. The lowest BCUT2D eigenvalue weighted by Gasteiger charge is -2.17. The number of anilines is 4. The van der Waals surface area contributed by atoms with Crippen molar-refractivity contribution in [2.75, 3.05) is 28.6 Å². The van der Waals surface area contributed by atoms with Crippen LogP contribution in [0.5, 0.6) is 0 Å². The zero-order valence-electron chi connectivity index (χ0n) is 17.0. The Labute approximate surface area is 176 Å². The minimum absolute atomic E-state index is 0.166. The van der Waals surface area contributed by atoms with E-state index in [2.05, 4.69) is 25.5 Å². The molecule has 0 aliphatic carbocycles. The van der Waals surface area contributed by atoms with E-state index in [9.17, 15) is 4.79 Å². The van der Waals surface area contributed by atoms with E-state index in [4.69, 9.17) is 0 Å². The maximum Gasteiger partial charge on any atom is 0.248 e. The minimum Gasteiger partial charge on any atom is -0.341 e. The summed E-state index contributed by atoms with van der Waals surface area (Å²) in [6.45, 7) is 4.00. The third kappa shape index (κ3) is 5.23. The fourth-order valence-corrected chi connectivity index (χ4v) is 3.38. The molecule has 1 amide bonds. The van der Waals surface area contributed by atoms with Gasteiger partial charge in [-0.1, -0.05) is 30.3 Å². The van der Waals surface area contributed by atoms with Crippen molar-refractivity contribution in [2.24, 2.45) is 0 Å². The van der Waals surface area contributed by atoms with Gasteiger partial charge in [0, 0.05) is 42.3 Å². The number of nitrogens with one attached hydrogen (secondary N) is 2. The first-order valence-electron chi connectivity index (χ1n) is 10.2. The Kier molecular flexibility index (Phi) is 6.03. The lowest BCUT2D eigenvalue weighted by Crippen LogP contribution is -2.21. The Morgan fingerprint density at radius 2 is 1.67 bits per heavy atom. The van der Waals surface area contributed by atoms with Gasteiger partial charge in [-0.15, -0.1) is 0 Å². The second-order valence-electron chi connectivity index (χ2n) is 7.32. The first-order chi connectivity index (χ1) is 14.7. The Bertz CT molecular complexity index is 1030. The number of aryl methyl sites for hydroxylation is 1. The van der Waals surface area contributed by atoms with Crippen molar-refractivity contribution in [3.63, 3.8) is 0 Å². The van der Waals surface area contributed by atoms with Gasteiger partial charge in [-0.2, -0.15) is 4.98 Å². The van der Waals surface area contributed by atoms with Crippen LogP contribution in [-0.2, 0) is 4.79 Å². The Hall–Kier alpha value is -3.67. The van der Waals surface area contributed by atoms with Crippen molar-refractivity contribution in [3.8, 4) is 0 Å². The standard InChI is InChI=1S/C24H25N5O/c1-18-17-22(28-24(25-18)29-15-5-6-16-29)26-20-10-12-21(13-11-20)27-23(30)14-9-19-7-3-2-4-8-19/h2-4,7-14,17H,5-6,15-16H2,1H3,(H,27,30)(H,25,26,28)/b14-9+. The number of benzene rings is 2. The van der Waals surface area contributed by atoms with Gasteiger partial charge in [-0.05, 0) is 55.7 Å². The van der Waals surface area contributed by atoms with Crippen LogP contribution in [0.1, 0.15) is 24.1 Å². The summed E-state index contributed by atoms with van der Waals surface area (Å²) in [6.07, 6.45) is 5.70. The maximum absolute atomic E-state index is 12.1. The van der Waals surface area contributed by atoms with Gasteiger partial charge in [0.1, 0.15) is 5.82 Å². The fraction of sp³-hybridized carbons (Fsp3) is 0.208. The average molecular weight is 399 g/mol. The summed E-state index contributed by atoms with van der Waals surface area (Å²) in [4.78, 5) is 23.6. The van der Waals surface area contributed by atoms with Gasteiger partial charge in [0.15, 0.2) is 0 Å². The number of rotatable bonds is 6. The molecule has 0 bridgehead atoms. The second-order valence-corrected chi connectivity index (χ2v) is 7.32. The van der Waals surface area contributed by atoms with Crippen LogP contribution in [-0.4, -0.2) is 29.0 Å². The predicted molar refractivity (Wildman–Crippen MR) is 122 cm³/mol. The van der Waals surface area contributed by atoms with Gasteiger partial charge in [-0.3, -0.25) is 4.79 Å². The molecule has 6 heteroatoms. The van der Waals surface area contributed by atoms with E-state index in [0.717, 1.165) is 47.5 Å². The van der Waals surface area contributed by atoms with Crippen LogP contribution in [0.25, 0.3) is 6.08 Å². The quantitative estimate of drug-likeness (QED) is 0.584. The molecule has 0 unspecified atom stereocenters. The summed E-state index contributed by atoms with van der Waals surface area (Å²) in [5.74, 6) is 1.39. The molecule has 0 saturated carbocycles. The topological polar surface area (TPSA) is 70.2 Å². The van der Waals surface area contributed by atoms with Crippen LogP contribution in [0.2, 0.25) is 0 Å². The van der Waals surface area contributed by atoms with E-state index < -0.39 is 0 Å². The average Bonchev–Trinajstić information content (AvgIpc) is 3.29. The van der Waals surface area contributed by atoms with E-state index >= 15 is 0 Å². The molecule has 1 aromatic heterocycles. The summed E-state index contributed by atoms with van der Waals surface area (Å²) in [7, 11) is 0. The molecule has 2 N–H and O–H groups in total. The number of hydrogen-bond acceptors (Lipinski definition) is 5. The highest BCUT2D eigenvalue weighted by molar-refractivity contribution is 6.02. The Morgan fingerprint density at radius 1 is 0.967 bits per heavy atom. The highest BCUT2D eigenvalue weighted by Crippen LogP contribution is 2.22. The SMILES string of the molecule is Cc1cc(Nc2ccc(NC(=O)/C=C/c3ccccc3)cc2)nc(N2CCCC2)n1. The smallest absolute Gasteiger partial charge is 0.248 e. The number of hydrogen-bond donors (Lipinski definition) is 2. The van der Waals surface area contributed by atoms with Gasteiger partial charge in [0.25, 0.3) is 0 Å². The van der Waals surface area contributed by atoms with Crippen LogP contribution in [0.4, 0.5) is 23.1 Å². The zero-order valence-corrected chi connectivity index (χ0v) is 17.0. The van der Waals surface area contributed by atoms with Crippen LogP contribution < -0.4 is 15.5 Å². The van der Waals surface area contributed by atoms with Gasteiger partial charge in [0.05, 0.1) is 0 Å². The molecule has 1 aliphatic rings. The summed E-state index contributed by atoms with van der Waals surface area (Å²) >= 11 is 0. The predicted octanol–water partition coefficient (Wildman–Crippen LogP) is 4.78. The molecule has 6 nitrogen and oxygen atoms in total. The largest absolute Gasteiger partial charge is 0.341 e. The fourth-order valence-electron chi connectivity index (χ4n) is 3.38. The van der Waals surface area contributed by atoms with Gasteiger partial charge < -0.3 is 15.5 Å². The van der Waals surface area contributed by atoms with Crippen LogP contribution in [0, 0.1) is 6.92 Å². The Morgan fingerprint density at radius 3 is 2.40 bits per heavy atom. The van der Waals surface area contributed by atoms with E-state index in [1.165, 1.54) is 18.9 Å². The third-order valence-corrected chi connectivity index (χ3v) is 4.88. The molecular formula is C24H25N5O. The normalized spacial score (nSPS) is 13.6. The molecule has 3 aromatic rings. The summed E-state index contributed by atoms with van der Waals surface area (Å²) in [6, 6.07) is 19.2. The molecule has 2 heterocycles. The molecule has 0 spiro atoms. The van der Waals surface area contributed by atoms with Crippen LogP contribution in [0.15, 0.2) is 66.7 Å². The number of carbonyl (C=O) groups excluding carboxylic acids is 1. The van der Waals surface area contributed by atoms with Gasteiger partial charge in [0.2, 0.25) is 11.9 Å². The molecule has 1 saturated heterocycles. The molecule has 4 rings (SSSR count). The number of carbonyl (C=O) groups is 1. The number of amides is 1. The van der Waals surface area contributed by atoms with Gasteiger partial charge >= 0.3 is 0 Å². The molecule has 2 aromatic carbocycles. The molecule has 152 valence electrons. The second kappa shape index (κ2) is 9.22. The summed E-state index contributed by atoms with van der Waals surface area (Å²) in [5, 5.41) is 6.20. The van der Waals surface area contributed by atoms with Crippen molar-refractivity contribution in [1.29, 1.82) is 0 Å². The zero-order chi connectivity index (χ0) is 20.8. The first kappa shape index (κ1) is 19.6. The highest BCUT2D eigenvalue weighted by Gasteiger charge is 2.16. The minimum atomic E-state index is -0.166. The van der Waals surface area contributed by atoms with E-state index in [1.807, 2.05) is 67.6 Å². The van der Waals surface area contributed by atoms with Gasteiger partial charge in [-0.25, -0.2) is 4.98 Å². The van der Waals surface area contributed by atoms with Crippen molar-refractivity contribution in [3.05, 3.63) is 78.0 Å². The Balaban J connectivity index is 1.38. The van der Waals surface area contributed by atoms with E-state index in [0.29, 0.717) is 0 Å². The monoisotopic (exact) mass is 399 g/mol. The highest BCUT2D eigenvalue weighted by atomic mass is 16.1. The lowest BCUT2D eigenvalue weighted by atomic mass is 10.2. The summed E-state index contributed by atoms with van der Waals surface area (Å²) in [5.41, 5.74) is 3.56. The lowest BCUT2D eigenvalue weighted by molar-refractivity contribution is -0.111. The third-order valence-electron chi connectivity index (χ3n) is 4.88. The molecular weight excluding hydrogens is 374 g/mol. The first-order valence-corrected chi connectivity index (χ1v) is 10.2. The molecule has 0 atom stereocenters. The van der Waals surface area contributed by atoms with Crippen molar-refractivity contribution >= 4 is 35.1 Å². The van der Waals surface area contributed by atoms with Crippen LogP contribution >= 0.6 is 0 Å². The number of aromatic nitrogens is 2. The summed E-state index contributed by atoms with van der Waals surface area (Å²) < 4.78 is 0. The van der Waals surface area contributed by atoms with Crippen molar-refractivity contribution in [1.82, 2.24) is 9.97 Å². The van der Waals surface area contributed by atoms with E-state index in [-0.39, 0.29) is 5.91 Å². The van der Waals surface area contributed by atoms with E-state index in [1.54, 1.807) is 6.08 Å². The molecule has 0 radical (unpaired) electrons.